The number of amides is 1. The molecule has 1 aromatic carbocycles. The molecule has 0 saturated carbocycles. The van der Waals surface area contributed by atoms with Crippen LogP contribution in [0.2, 0.25) is 0 Å². The molecule has 17 heavy (non-hydrogen) atoms. The zero-order valence-electron chi connectivity index (χ0n) is 10.3. The summed E-state index contributed by atoms with van der Waals surface area (Å²) in [6.45, 7) is 6.25. The maximum Gasteiger partial charge on any atom is 0.253 e. The number of carbonyl (C=O) groups is 1. The van der Waals surface area contributed by atoms with Gasteiger partial charge in [0.15, 0.2) is 0 Å². The van der Waals surface area contributed by atoms with E-state index < -0.39 is 0 Å². The lowest BCUT2D eigenvalue weighted by Crippen LogP contribution is -2.42. The molecule has 0 aromatic heterocycles. The summed E-state index contributed by atoms with van der Waals surface area (Å²) >= 11 is 2.26. The van der Waals surface area contributed by atoms with Gasteiger partial charge in [0.25, 0.3) is 5.91 Å². The van der Waals surface area contributed by atoms with Gasteiger partial charge < -0.3 is 4.90 Å². The van der Waals surface area contributed by atoms with Crippen molar-refractivity contribution >= 4 is 28.5 Å². The molecule has 1 amide bonds. The van der Waals surface area contributed by atoms with Crippen LogP contribution >= 0.6 is 22.6 Å². The van der Waals surface area contributed by atoms with Crippen molar-refractivity contribution in [1.29, 1.82) is 0 Å². The summed E-state index contributed by atoms with van der Waals surface area (Å²) in [4.78, 5) is 14.3. The summed E-state index contributed by atoms with van der Waals surface area (Å²) in [5, 5.41) is 0. The zero-order valence-corrected chi connectivity index (χ0v) is 12.5. The molecular formula is C14H18INO. The standard InChI is InChI=1S/C14H18INO/c1-10-7-11(2)9-16(8-10)14(17)12-3-5-13(15)6-4-12/h3-6,10-11H,7-9H2,1-2H3/t10-,11-/m1/s1. The highest BCUT2D eigenvalue weighted by Crippen LogP contribution is 2.22. The Morgan fingerprint density at radius 2 is 1.71 bits per heavy atom. The van der Waals surface area contributed by atoms with Gasteiger partial charge in [0.2, 0.25) is 0 Å². The number of hydrogen-bond acceptors (Lipinski definition) is 1. The first kappa shape index (κ1) is 12.9. The molecule has 1 aromatic rings. The van der Waals surface area contributed by atoms with E-state index in [1.807, 2.05) is 29.2 Å². The van der Waals surface area contributed by atoms with Crippen molar-refractivity contribution in [2.75, 3.05) is 13.1 Å². The monoisotopic (exact) mass is 343 g/mol. The van der Waals surface area contributed by atoms with Gasteiger partial charge in [-0.05, 0) is 65.1 Å². The van der Waals surface area contributed by atoms with E-state index in [1.165, 1.54) is 9.99 Å². The molecule has 1 fully saturated rings. The van der Waals surface area contributed by atoms with Crippen molar-refractivity contribution in [3.8, 4) is 0 Å². The normalized spacial score (nSPS) is 24.8. The van der Waals surface area contributed by atoms with Crippen molar-refractivity contribution in [1.82, 2.24) is 4.90 Å². The molecule has 0 unspecified atom stereocenters. The number of likely N-dealkylation sites (tertiary alicyclic amines) is 1. The van der Waals surface area contributed by atoms with E-state index in [9.17, 15) is 4.79 Å². The van der Waals surface area contributed by atoms with E-state index >= 15 is 0 Å². The third kappa shape index (κ3) is 3.21. The third-order valence-electron chi connectivity index (χ3n) is 3.25. The Morgan fingerprint density at radius 3 is 2.24 bits per heavy atom. The zero-order chi connectivity index (χ0) is 12.4. The molecule has 1 saturated heterocycles. The van der Waals surface area contributed by atoms with Crippen molar-refractivity contribution in [2.45, 2.75) is 20.3 Å². The van der Waals surface area contributed by atoms with Gasteiger partial charge in [0.05, 0.1) is 0 Å². The Hall–Kier alpha value is -0.580. The van der Waals surface area contributed by atoms with Crippen LogP contribution < -0.4 is 0 Å². The lowest BCUT2D eigenvalue weighted by Gasteiger charge is -2.35. The van der Waals surface area contributed by atoms with Gasteiger partial charge in [0.1, 0.15) is 0 Å². The van der Waals surface area contributed by atoms with Gasteiger partial charge in [-0.2, -0.15) is 0 Å². The second kappa shape index (κ2) is 5.38. The number of rotatable bonds is 1. The molecule has 0 spiro atoms. The summed E-state index contributed by atoms with van der Waals surface area (Å²) in [6.07, 6.45) is 1.23. The van der Waals surface area contributed by atoms with Crippen LogP contribution in [0.5, 0.6) is 0 Å². The predicted molar refractivity (Wildman–Crippen MR) is 78.0 cm³/mol. The number of nitrogens with zero attached hydrogens (tertiary/aromatic N) is 1. The van der Waals surface area contributed by atoms with Crippen LogP contribution in [0.25, 0.3) is 0 Å². The van der Waals surface area contributed by atoms with E-state index in [0.717, 1.165) is 18.7 Å². The number of halogens is 1. The first-order chi connectivity index (χ1) is 8.06. The van der Waals surface area contributed by atoms with Crippen LogP contribution in [0, 0.1) is 15.4 Å². The highest BCUT2D eigenvalue weighted by atomic mass is 127. The molecule has 92 valence electrons. The molecule has 2 atom stereocenters. The molecule has 3 heteroatoms. The fourth-order valence-electron chi connectivity index (χ4n) is 2.60. The number of benzene rings is 1. The quantitative estimate of drug-likeness (QED) is 0.716. The Labute approximate surface area is 117 Å². The number of hydrogen-bond donors (Lipinski definition) is 0. The van der Waals surface area contributed by atoms with Gasteiger partial charge in [-0.1, -0.05) is 13.8 Å². The Bertz CT molecular complexity index is 391. The van der Waals surface area contributed by atoms with Crippen molar-refractivity contribution in [3.63, 3.8) is 0 Å². The highest BCUT2D eigenvalue weighted by molar-refractivity contribution is 14.1. The molecule has 0 aliphatic carbocycles. The van der Waals surface area contributed by atoms with E-state index in [4.69, 9.17) is 0 Å². The lowest BCUT2D eigenvalue weighted by molar-refractivity contribution is 0.0623. The second-order valence-electron chi connectivity index (χ2n) is 5.16. The van der Waals surface area contributed by atoms with Crippen LogP contribution in [0.4, 0.5) is 0 Å². The first-order valence-corrected chi connectivity index (χ1v) is 7.19. The van der Waals surface area contributed by atoms with Gasteiger partial charge in [0, 0.05) is 22.2 Å². The third-order valence-corrected chi connectivity index (χ3v) is 3.97. The maximum atomic E-state index is 12.3. The lowest BCUT2D eigenvalue weighted by atomic mass is 9.91. The molecule has 0 radical (unpaired) electrons. The van der Waals surface area contributed by atoms with Crippen LogP contribution in [-0.2, 0) is 0 Å². The summed E-state index contributed by atoms with van der Waals surface area (Å²) in [5.74, 6) is 1.41. The smallest absolute Gasteiger partial charge is 0.253 e. The largest absolute Gasteiger partial charge is 0.338 e. The SMILES string of the molecule is C[C@@H]1C[C@@H](C)CN(C(=O)c2ccc(I)cc2)C1. The van der Waals surface area contributed by atoms with Crippen molar-refractivity contribution in [3.05, 3.63) is 33.4 Å². The van der Waals surface area contributed by atoms with Crippen molar-refractivity contribution in [2.24, 2.45) is 11.8 Å². The van der Waals surface area contributed by atoms with E-state index in [1.54, 1.807) is 0 Å². The summed E-state index contributed by atoms with van der Waals surface area (Å²) in [7, 11) is 0. The average Bonchev–Trinajstić information content (AvgIpc) is 2.28. The molecule has 2 nitrogen and oxygen atoms in total. The molecule has 0 N–H and O–H groups in total. The minimum absolute atomic E-state index is 0.180. The van der Waals surface area contributed by atoms with Crippen molar-refractivity contribution < 1.29 is 4.79 Å². The summed E-state index contributed by atoms with van der Waals surface area (Å²) < 4.78 is 1.17. The molecule has 1 heterocycles. The van der Waals surface area contributed by atoms with E-state index in [-0.39, 0.29) is 5.91 Å². The predicted octanol–water partition coefficient (Wildman–Crippen LogP) is 3.41. The van der Waals surface area contributed by atoms with Gasteiger partial charge >= 0.3 is 0 Å². The molecular weight excluding hydrogens is 325 g/mol. The van der Waals surface area contributed by atoms with Crippen LogP contribution in [0.1, 0.15) is 30.6 Å². The van der Waals surface area contributed by atoms with Gasteiger partial charge in [-0.25, -0.2) is 0 Å². The average molecular weight is 343 g/mol. The minimum atomic E-state index is 0.180. The summed E-state index contributed by atoms with van der Waals surface area (Å²) in [6, 6.07) is 7.83. The summed E-state index contributed by atoms with van der Waals surface area (Å²) in [5.41, 5.74) is 0.812. The molecule has 1 aliphatic rings. The molecule has 1 aliphatic heterocycles. The molecule has 2 rings (SSSR count). The van der Waals surface area contributed by atoms with Crippen LogP contribution in [0.3, 0.4) is 0 Å². The van der Waals surface area contributed by atoms with Crippen LogP contribution in [-0.4, -0.2) is 23.9 Å². The fourth-order valence-corrected chi connectivity index (χ4v) is 2.96. The first-order valence-electron chi connectivity index (χ1n) is 6.11. The van der Waals surface area contributed by atoms with E-state index in [0.29, 0.717) is 11.8 Å². The Kier molecular flexibility index (Phi) is 4.07. The maximum absolute atomic E-state index is 12.3. The Morgan fingerprint density at radius 1 is 1.18 bits per heavy atom. The van der Waals surface area contributed by atoms with Crippen LogP contribution in [0.15, 0.2) is 24.3 Å². The van der Waals surface area contributed by atoms with Gasteiger partial charge in [-0.3, -0.25) is 4.79 Å². The number of carbonyl (C=O) groups excluding carboxylic acids is 1. The highest BCUT2D eigenvalue weighted by Gasteiger charge is 2.25. The topological polar surface area (TPSA) is 20.3 Å². The minimum Gasteiger partial charge on any atom is -0.338 e. The Balaban J connectivity index is 2.11. The second-order valence-corrected chi connectivity index (χ2v) is 6.41. The van der Waals surface area contributed by atoms with Gasteiger partial charge in [-0.15, -0.1) is 0 Å². The number of piperidine rings is 1. The fraction of sp³-hybridized carbons (Fsp3) is 0.500. The molecule has 0 bridgehead atoms. The van der Waals surface area contributed by atoms with E-state index in [2.05, 4.69) is 36.4 Å².